The van der Waals surface area contributed by atoms with Crippen LogP contribution in [0.3, 0.4) is 0 Å². The van der Waals surface area contributed by atoms with Crippen LogP contribution in [0.15, 0.2) is 18.3 Å². The first-order valence-electron chi connectivity index (χ1n) is 5.55. The molecule has 0 radical (unpaired) electrons. The van der Waals surface area contributed by atoms with Gasteiger partial charge in [0.2, 0.25) is 0 Å². The number of rotatable bonds is 7. The summed E-state index contributed by atoms with van der Waals surface area (Å²) in [5, 5.41) is 20.4. The molecule has 0 aliphatic rings. The smallest absolute Gasteiger partial charge is 0.303 e. The highest BCUT2D eigenvalue weighted by Gasteiger charge is 2.01. The number of pyridine rings is 1. The molecule has 0 aromatic carbocycles. The molecule has 5 nitrogen and oxygen atoms in total. The van der Waals surface area contributed by atoms with Gasteiger partial charge in [0.05, 0.1) is 5.69 Å². The normalized spacial score (nSPS) is 9.59. The Morgan fingerprint density at radius 3 is 3.00 bits per heavy atom. The number of aromatic nitrogens is 1. The molecule has 0 fully saturated rings. The van der Waals surface area contributed by atoms with E-state index in [1.165, 1.54) is 0 Å². The zero-order valence-corrected chi connectivity index (χ0v) is 9.52. The Labute approximate surface area is 100 Å². The van der Waals surface area contributed by atoms with Crippen molar-refractivity contribution in [3.8, 4) is 6.07 Å². The van der Waals surface area contributed by atoms with Crippen molar-refractivity contribution in [3.05, 3.63) is 24.0 Å². The van der Waals surface area contributed by atoms with Crippen molar-refractivity contribution in [1.82, 2.24) is 4.98 Å². The van der Waals surface area contributed by atoms with Gasteiger partial charge in [-0.15, -0.1) is 0 Å². The van der Waals surface area contributed by atoms with E-state index >= 15 is 0 Å². The number of unbranched alkanes of at least 4 members (excludes halogenated alkanes) is 2. The molecule has 0 unspecified atom stereocenters. The van der Waals surface area contributed by atoms with E-state index in [4.69, 9.17) is 10.4 Å². The second-order valence-electron chi connectivity index (χ2n) is 3.64. The maximum atomic E-state index is 10.3. The molecule has 0 bridgehead atoms. The van der Waals surface area contributed by atoms with E-state index in [1.807, 2.05) is 12.1 Å². The second-order valence-corrected chi connectivity index (χ2v) is 3.64. The third kappa shape index (κ3) is 4.98. The quantitative estimate of drug-likeness (QED) is 0.703. The molecule has 0 amide bonds. The van der Waals surface area contributed by atoms with Crippen molar-refractivity contribution in [1.29, 1.82) is 5.26 Å². The van der Waals surface area contributed by atoms with Crippen LogP contribution in [-0.4, -0.2) is 22.6 Å². The average Bonchev–Trinajstić information content (AvgIpc) is 2.33. The summed E-state index contributed by atoms with van der Waals surface area (Å²) in [4.78, 5) is 14.2. The summed E-state index contributed by atoms with van der Waals surface area (Å²) in [6.45, 7) is 0.722. The predicted octanol–water partition coefficient (Wildman–Crippen LogP) is 2.01. The van der Waals surface area contributed by atoms with Crippen molar-refractivity contribution in [2.75, 3.05) is 11.9 Å². The Balaban J connectivity index is 2.22. The van der Waals surface area contributed by atoms with Gasteiger partial charge in [0.25, 0.3) is 0 Å². The van der Waals surface area contributed by atoms with E-state index in [2.05, 4.69) is 10.3 Å². The third-order valence-corrected chi connectivity index (χ3v) is 2.30. The van der Waals surface area contributed by atoms with Crippen molar-refractivity contribution < 1.29 is 9.90 Å². The summed E-state index contributed by atoms with van der Waals surface area (Å²) in [6.07, 6.45) is 4.23. The number of carboxylic acid groups (broad SMARTS) is 1. The molecular formula is C12H15N3O2. The minimum atomic E-state index is -0.753. The molecule has 90 valence electrons. The van der Waals surface area contributed by atoms with Crippen LogP contribution in [0, 0.1) is 11.3 Å². The lowest BCUT2D eigenvalue weighted by Crippen LogP contribution is -2.04. The Morgan fingerprint density at radius 1 is 1.47 bits per heavy atom. The molecule has 17 heavy (non-hydrogen) atoms. The van der Waals surface area contributed by atoms with Gasteiger partial charge in [-0.2, -0.15) is 5.26 Å². The van der Waals surface area contributed by atoms with E-state index in [9.17, 15) is 4.79 Å². The lowest BCUT2D eigenvalue weighted by Gasteiger charge is -2.06. The first kappa shape index (κ1) is 13.0. The van der Waals surface area contributed by atoms with Crippen molar-refractivity contribution >= 4 is 11.7 Å². The first-order chi connectivity index (χ1) is 8.24. The Kier molecular flexibility index (Phi) is 5.52. The van der Waals surface area contributed by atoms with E-state index in [0.717, 1.165) is 25.1 Å². The Bertz CT molecular complexity index is 412. The van der Waals surface area contributed by atoms with Gasteiger partial charge >= 0.3 is 5.97 Å². The molecule has 1 aromatic rings. The van der Waals surface area contributed by atoms with Gasteiger partial charge in [0, 0.05) is 19.2 Å². The van der Waals surface area contributed by atoms with E-state index in [-0.39, 0.29) is 6.42 Å². The minimum absolute atomic E-state index is 0.219. The number of nitrogens with one attached hydrogen (secondary N) is 1. The first-order valence-corrected chi connectivity index (χ1v) is 5.55. The van der Waals surface area contributed by atoms with Crippen LogP contribution in [0.2, 0.25) is 0 Å². The molecular weight excluding hydrogens is 218 g/mol. The average molecular weight is 233 g/mol. The Hall–Kier alpha value is -2.09. The number of hydrogen-bond acceptors (Lipinski definition) is 4. The molecule has 0 spiro atoms. The fraction of sp³-hybridized carbons (Fsp3) is 0.417. The fourth-order valence-electron chi connectivity index (χ4n) is 1.44. The summed E-state index contributed by atoms with van der Waals surface area (Å²) < 4.78 is 0. The second kappa shape index (κ2) is 7.23. The van der Waals surface area contributed by atoms with Crippen LogP contribution < -0.4 is 5.32 Å². The monoisotopic (exact) mass is 233 g/mol. The number of aliphatic carboxylic acids is 1. The van der Waals surface area contributed by atoms with Crippen molar-refractivity contribution in [2.45, 2.75) is 25.7 Å². The lowest BCUT2D eigenvalue weighted by atomic mass is 10.2. The fourth-order valence-corrected chi connectivity index (χ4v) is 1.44. The van der Waals surface area contributed by atoms with Crippen molar-refractivity contribution in [3.63, 3.8) is 0 Å². The van der Waals surface area contributed by atoms with E-state index in [0.29, 0.717) is 12.1 Å². The number of hydrogen-bond donors (Lipinski definition) is 2. The van der Waals surface area contributed by atoms with E-state index in [1.54, 1.807) is 12.3 Å². The zero-order valence-electron chi connectivity index (χ0n) is 9.52. The predicted molar refractivity (Wildman–Crippen MR) is 63.5 cm³/mol. The number of nitriles is 1. The Morgan fingerprint density at radius 2 is 2.29 bits per heavy atom. The molecule has 0 saturated heterocycles. The zero-order chi connectivity index (χ0) is 12.5. The molecule has 1 heterocycles. The van der Waals surface area contributed by atoms with Crippen LogP contribution in [0.4, 0.5) is 5.69 Å². The molecule has 1 rings (SSSR count). The molecule has 0 aliphatic heterocycles. The van der Waals surface area contributed by atoms with Gasteiger partial charge in [-0.05, 0) is 25.0 Å². The topological polar surface area (TPSA) is 86.0 Å². The van der Waals surface area contributed by atoms with Gasteiger partial charge in [-0.3, -0.25) is 4.79 Å². The van der Waals surface area contributed by atoms with Gasteiger partial charge in [-0.1, -0.05) is 6.42 Å². The highest BCUT2D eigenvalue weighted by atomic mass is 16.4. The van der Waals surface area contributed by atoms with Gasteiger partial charge in [-0.25, -0.2) is 4.98 Å². The molecule has 5 heteroatoms. The highest BCUT2D eigenvalue weighted by molar-refractivity contribution is 5.66. The van der Waals surface area contributed by atoms with Crippen LogP contribution in [-0.2, 0) is 4.79 Å². The standard InChI is InChI=1S/C12H15N3O2/c13-9-11-10(5-4-8-15-11)14-7-3-1-2-6-12(16)17/h4-5,8,14H,1-3,6-7H2,(H,16,17). The summed E-state index contributed by atoms with van der Waals surface area (Å²) in [5.74, 6) is -0.753. The molecule has 0 saturated carbocycles. The maximum absolute atomic E-state index is 10.3. The summed E-state index contributed by atoms with van der Waals surface area (Å²) in [6, 6.07) is 5.59. The van der Waals surface area contributed by atoms with Gasteiger partial charge in [0.15, 0.2) is 5.69 Å². The largest absolute Gasteiger partial charge is 0.481 e. The third-order valence-electron chi connectivity index (χ3n) is 2.30. The molecule has 1 aromatic heterocycles. The van der Waals surface area contributed by atoms with E-state index < -0.39 is 5.97 Å². The van der Waals surface area contributed by atoms with Crippen LogP contribution in [0.5, 0.6) is 0 Å². The highest BCUT2D eigenvalue weighted by Crippen LogP contribution is 2.11. The lowest BCUT2D eigenvalue weighted by molar-refractivity contribution is -0.137. The summed E-state index contributed by atoms with van der Waals surface area (Å²) in [5.41, 5.74) is 1.12. The number of carboxylic acids is 1. The van der Waals surface area contributed by atoms with Gasteiger partial charge < -0.3 is 10.4 Å². The van der Waals surface area contributed by atoms with Gasteiger partial charge in [0.1, 0.15) is 6.07 Å². The minimum Gasteiger partial charge on any atom is -0.481 e. The SMILES string of the molecule is N#Cc1ncccc1NCCCCCC(=O)O. The number of nitrogens with zero attached hydrogens (tertiary/aromatic N) is 2. The van der Waals surface area contributed by atoms with Crippen molar-refractivity contribution in [2.24, 2.45) is 0 Å². The van der Waals surface area contributed by atoms with Crippen LogP contribution in [0.1, 0.15) is 31.4 Å². The number of carbonyl (C=O) groups is 1. The molecule has 0 atom stereocenters. The van der Waals surface area contributed by atoms with Crippen LogP contribution >= 0.6 is 0 Å². The van der Waals surface area contributed by atoms with Crippen LogP contribution in [0.25, 0.3) is 0 Å². The summed E-state index contributed by atoms with van der Waals surface area (Å²) >= 11 is 0. The maximum Gasteiger partial charge on any atom is 0.303 e. The molecule has 2 N–H and O–H groups in total. The summed E-state index contributed by atoms with van der Waals surface area (Å²) in [7, 11) is 0. The molecule has 0 aliphatic carbocycles. The number of anilines is 1.